The molecule has 7 nitrogen and oxygen atoms in total. The number of nitrogens with zero attached hydrogens (tertiary/aromatic N) is 2. The van der Waals surface area contributed by atoms with Gasteiger partial charge in [-0.3, -0.25) is 14.6 Å². The molecule has 7 heteroatoms. The lowest BCUT2D eigenvalue weighted by Gasteiger charge is -2.41. The first-order valence-corrected chi connectivity index (χ1v) is 8.09. The van der Waals surface area contributed by atoms with Gasteiger partial charge in [0.15, 0.2) is 0 Å². The summed E-state index contributed by atoms with van der Waals surface area (Å²) in [7, 11) is 1.53. The Labute approximate surface area is 145 Å². The Bertz CT molecular complexity index is 785. The standard InChI is InChI=1S/C18H21N3O4/c1-24-12-18(10-15(19)22)11-21(8-9-25-18)17(23)16-14-5-3-2-4-13(14)6-7-20-16/h2-7H,8-12H2,1H3,(H2,19,22)/t18-/m0/s1. The smallest absolute Gasteiger partial charge is 0.273 e. The third-order valence-corrected chi connectivity index (χ3v) is 4.32. The quantitative estimate of drug-likeness (QED) is 0.873. The van der Waals surface area contributed by atoms with Gasteiger partial charge in [-0.2, -0.15) is 0 Å². The molecular weight excluding hydrogens is 322 g/mol. The molecule has 0 saturated carbocycles. The third-order valence-electron chi connectivity index (χ3n) is 4.32. The van der Waals surface area contributed by atoms with E-state index in [2.05, 4.69) is 4.98 Å². The third kappa shape index (κ3) is 3.62. The van der Waals surface area contributed by atoms with E-state index in [1.165, 1.54) is 7.11 Å². The summed E-state index contributed by atoms with van der Waals surface area (Å²) in [5.41, 5.74) is 4.83. The fraction of sp³-hybridized carbons (Fsp3) is 0.389. The Morgan fingerprint density at radius 2 is 2.16 bits per heavy atom. The van der Waals surface area contributed by atoms with E-state index in [-0.39, 0.29) is 25.5 Å². The highest BCUT2D eigenvalue weighted by Gasteiger charge is 2.40. The average molecular weight is 343 g/mol. The van der Waals surface area contributed by atoms with Crippen LogP contribution in [0.2, 0.25) is 0 Å². The maximum atomic E-state index is 13.0. The van der Waals surface area contributed by atoms with E-state index in [4.69, 9.17) is 15.2 Å². The summed E-state index contributed by atoms with van der Waals surface area (Å²) in [5.74, 6) is -0.681. The van der Waals surface area contributed by atoms with Gasteiger partial charge >= 0.3 is 0 Å². The Hall–Kier alpha value is -2.51. The fourth-order valence-electron chi connectivity index (χ4n) is 3.28. The Morgan fingerprint density at radius 1 is 1.36 bits per heavy atom. The van der Waals surface area contributed by atoms with Crippen LogP contribution in [-0.2, 0) is 14.3 Å². The zero-order valence-corrected chi connectivity index (χ0v) is 14.1. The van der Waals surface area contributed by atoms with Crippen LogP contribution in [0.3, 0.4) is 0 Å². The molecule has 1 aromatic carbocycles. The highest BCUT2D eigenvalue weighted by molar-refractivity contribution is 6.05. The zero-order valence-electron chi connectivity index (χ0n) is 14.1. The molecule has 1 aliphatic rings. The SMILES string of the molecule is COC[C@]1(CC(N)=O)CN(C(=O)c2nccc3ccccc23)CCO1. The minimum Gasteiger partial charge on any atom is -0.382 e. The Morgan fingerprint density at radius 3 is 2.92 bits per heavy atom. The summed E-state index contributed by atoms with van der Waals surface area (Å²) < 4.78 is 11.0. The molecule has 0 unspecified atom stereocenters. The summed E-state index contributed by atoms with van der Waals surface area (Å²) >= 11 is 0. The molecule has 2 N–H and O–H groups in total. The molecule has 0 bridgehead atoms. The Balaban J connectivity index is 1.89. The summed E-state index contributed by atoms with van der Waals surface area (Å²) in [6.07, 6.45) is 1.62. The van der Waals surface area contributed by atoms with Crippen LogP contribution >= 0.6 is 0 Å². The van der Waals surface area contributed by atoms with Crippen LogP contribution in [-0.4, -0.2) is 60.7 Å². The predicted octanol–water partition coefficient (Wildman–Crippen LogP) is 0.968. The van der Waals surface area contributed by atoms with Crippen molar-refractivity contribution in [2.24, 2.45) is 5.73 Å². The molecule has 2 heterocycles. The molecule has 1 saturated heterocycles. The number of morpholine rings is 1. The minimum atomic E-state index is -0.918. The fourth-order valence-corrected chi connectivity index (χ4v) is 3.28. The van der Waals surface area contributed by atoms with Crippen molar-refractivity contribution in [3.8, 4) is 0 Å². The summed E-state index contributed by atoms with van der Waals surface area (Å²) in [4.78, 5) is 30.4. The first-order valence-electron chi connectivity index (χ1n) is 8.09. The van der Waals surface area contributed by atoms with Gasteiger partial charge in [-0.15, -0.1) is 0 Å². The first kappa shape index (κ1) is 17.3. The topological polar surface area (TPSA) is 94.8 Å². The molecule has 2 amide bonds. The van der Waals surface area contributed by atoms with Gasteiger partial charge < -0.3 is 20.1 Å². The number of hydrogen-bond acceptors (Lipinski definition) is 5. The van der Waals surface area contributed by atoms with E-state index in [9.17, 15) is 9.59 Å². The second kappa shape index (κ2) is 7.16. The lowest BCUT2D eigenvalue weighted by atomic mass is 9.97. The molecular formula is C18H21N3O4. The van der Waals surface area contributed by atoms with Gasteiger partial charge in [0, 0.05) is 25.2 Å². The number of hydrogen-bond donors (Lipinski definition) is 1. The molecule has 2 aromatic rings. The van der Waals surface area contributed by atoms with Gasteiger partial charge in [-0.1, -0.05) is 24.3 Å². The zero-order chi connectivity index (χ0) is 17.9. The van der Waals surface area contributed by atoms with E-state index in [1.807, 2.05) is 30.3 Å². The second-order valence-electron chi connectivity index (χ2n) is 6.21. The van der Waals surface area contributed by atoms with Crippen molar-refractivity contribution in [2.45, 2.75) is 12.0 Å². The van der Waals surface area contributed by atoms with Gasteiger partial charge in [0.05, 0.1) is 26.2 Å². The van der Waals surface area contributed by atoms with Crippen LogP contribution in [0.25, 0.3) is 10.8 Å². The lowest BCUT2D eigenvalue weighted by Crippen LogP contribution is -2.57. The number of carbonyl (C=O) groups is 2. The number of methoxy groups -OCH3 is 1. The van der Waals surface area contributed by atoms with Crippen LogP contribution in [0.4, 0.5) is 0 Å². The number of rotatable bonds is 5. The maximum absolute atomic E-state index is 13.0. The molecule has 3 rings (SSSR count). The highest BCUT2D eigenvalue weighted by atomic mass is 16.5. The van der Waals surface area contributed by atoms with Crippen LogP contribution in [0, 0.1) is 0 Å². The van der Waals surface area contributed by atoms with E-state index in [0.29, 0.717) is 18.8 Å². The number of pyridine rings is 1. The highest BCUT2D eigenvalue weighted by Crippen LogP contribution is 2.25. The summed E-state index contributed by atoms with van der Waals surface area (Å²) in [6.45, 7) is 1.15. The summed E-state index contributed by atoms with van der Waals surface area (Å²) in [5, 5.41) is 1.75. The van der Waals surface area contributed by atoms with Gasteiger partial charge in [0.25, 0.3) is 5.91 Å². The minimum absolute atomic E-state index is 0.00636. The molecule has 1 aromatic heterocycles. The van der Waals surface area contributed by atoms with Gasteiger partial charge in [0.1, 0.15) is 11.3 Å². The van der Waals surface area contributed by atoms with Crippen molar-refractivity contribution in [1.29, 1.82) is 0 Å². The van der Waals surface area contributed by atoms with Gasteiger partial charge in [0.2, 0.25) is 5.91 Å². The van der Waals surface area contributed by atoms with Gasteiger partial charge in [-0.05, 0) is 11.5 Å². The Kier molecular flexibility index (Phi) is 4.96. The average Bonchev–Trinajstić information content (AvgIpc) is 2.60. The van der Waals surface area contributed by atoms with E-state index < -0.39 is 11.5 Å². The predicted molar refractivity (Wildman–Crippen MR) is 92.0 cm³/mol. The number of fused-ring (bicyclic) bond motifs is 1. The van der Waals surface area contributed by atoms with Crippen LogP contribution < -0.4 is 5.73 Å². The van der Waals surface area contributed by atoms with Crippen molar-refractivity contribution < 1.29 is 19.1 Å². The molecule has 0 aliphatic carbocycles. The lowest BCUT2D eigenvalue weighted by molar-refractivity contribution is -0.148. The van der Waals surface area contributed by atoms with Gasteiger partial charge in [-0.25, -0.2) is 0 Å². The van der Waals surface area contributed by atoms with Crippen molar-refractivity contribution in [1.82, 2.24) is 9.88 Å². The maximum Gasteiger partial charge on any atom is 0.273 e. The van der Waals surface area contributed by atoms with Crippen molar-refractivity contribution in [2.75, 3.05) is 33.4 Å². The largest absolute Gasteiger partial charge is 0.382 e. The second-order valence-corrected chi connectivity index (χ2v) is 6.21. The van der Waals surface area contributed by atoms with E-state index >= 15 is 0 Å². The van der Waals surface area contributed by atoms with Crippen molar-refractivity contribution in [3.63, 3.8) is 0 Å². The van der Waals surface area contributed by atoms with Crippen LogP contribution in [0.15, 0.2) is 36.5 Å². The number of benzene rings is 1. The van der Waals surface area contributed by atoms with E-state index in [0.717, 1.165) is 10.8 Å². The van der Waals surface area contributed by atoms with Crippen LogP contribution in [0.5, 0.6) is 0 Å². The number of aromatic nitrogens is 1. The number of nitrogens with two attached hydrogens (primary N) is 1. The van der Waals surface area contributed by atoms with E-state index in [1.54, 1.807) is 11.1 Å². The monoisotopic (exact) mass is 343 g/mol. The summed E-state index contributed by atoms with van der Waals surface area (Å²) in [6, 6.07) is 9.48. The number of carbonyl (C=O) groups excluding carboxylic acids is 2. The van der Waals surface area contributed by atoms with Crippen LogP contribution in [0.1, 0.15) is 16.9 Å². The molecule has 1 atom stereocenters. The molecule has 0 radical (unpaired) electrons. The normalized spacial score (nSPS) is 20.6. The molecule has 1 aliphatic heterocycles. The molecule has 0 spiro atoms. The molecule has 25 heavy (non-hydrogen) atoms. The molecule has 1 fully saturated rings. The number of amides is 2. The van der Waals surface area contributed by atoms with Crippen molar-refractivity contribution >= 4 is 22.6 Å². The molecule has 132 valence electrons. The van der Waals surface area contributed by atoms with Crippen molar-refractivity contribution in [3.05, 3.63) is 42.2 Å². The first-order chi connectivity index (χ1) is 12.0. The number of ether oxygens (including phenoxy) is 2. The number of primary amides is 1.